The first kappa shape index (κ1) is 17.6. The number of aliphatic hydroxyl groups is 1. The molecule has 0 aromatic rings. The predicted molar refractivity (Wildman–Crippen MR) is 64.3 cm³/mol. The number of ether oxygens (including phenoxy) is 2. The zero-order valence-corrected chi connectivity index (χ0v) is 11.2. The van der Waals surface area contributed by atoms with Crippen molar-refractivity contribution in [3.05, 3.63) is 0 Å². The Balaban J connectivity index is 2.07. The van der Waals surface area contributed by atoms with Gasteiger partial charge in [0.25, 0.3) is 5.92 Å². The Morgan fingerprint density at radius 1 is 1.25 bits per heavy atom. The van der Waals surface area contributed by atoms with Gasteiger partial charge in [0.15, 0.2) is 0 Å². The number of hydrogen-bond donors (Lipinski definition) is 1. The molecule has 120 valence electrons. The molecule has 1 saturated heterocycles. The molecule has 0 radical (unpaired) electrons. The van der Waals surface area contributed by atoms with Crippen molar-refractivity contribution >= 4 is 0 Å². The smallest absolute Gasteiger partial charge is 0.255 e. The van der Waals surface area contributed by atoms with Gasteiger partial charge in [-0.25, -0.2) is 17.6 Å². The Morgan fingerprint density at radius 2 is 1.90 bits per heavy atom. The van der Waals surface area contributed by atoms with Crippen LogP contribution in [0.3, 0.4) is 0 Å². The molecular weight excluding hydrogens is 282 g/mol. The van der Waals surface area contributed by atoms with Crippen LogP contribution in [0.15, 0.2) is 0 Å². The molecule has 0 aliphatic carbocycles. The molecule has 1 heterocycles. The predicted octanol–water partition coefficient (Wildman–Crippen LogP) is 1.38. The van der Waals surface area contributed by atoms with Gasteiger partial charge in [-0.3, -0.25) is 4.90 Å². The summed E-state index contributed by atoms with van der Waals surface area (Å²) in [5.41, 5.74) is 0. The fraction of sp³-hybridized carbons (Fsp3) is 1.00. The Hall–Kier alpha value is -0.440. The SMILES string of the molecule is OC(COCCC(F)(F)CC(F)F)CN1CCOCC1. The van der Waals surface area contributed by atoms with Crippen LogP contribution < -0.4 is 0 Å². The van der Waals surface area contributed by atoms with Crippen molar-refractivity contribution in [1.82, 2.24) is 4.90 Å². The minimum absolute atomic E-state index is 0.0812. The van der Waals surface area contributed by atoms with Crippen molar-refractivity contribution in [2.24, 2.45) is 0 Å². The topological polar surface area (TPSA) is 41.9 Å². The average molecular weight is 303 g/mol. The number of aliphatic hydroxyl groups excluding tert-OH is 1. The van der Waals surface area contributed by atoms with E-state index in [1.807, 2.05) is 4.90 Å². The van der Waals surface area contributed by atoms with Gasteiger partial charge in [-0.1, -0.05) is 0 Å². The molecule has 0 aromatic heterocycles. The molecule has 1 fully saturated rings. The molecular formula is C12H21F4NO3. The van der Waals surface area contributed by atoms with Crippen molar-refractivity contribution in [1.29, 1.82) is 0 Å². The number of rotatable bonds is 9. The second kappa shape index (κ2) is 8.76. The van der Waals surface area contributed by atoms with Gasteiger partial charge in [0.1, 0.15) is 0 Å². The summed E-state index contributed by atoms with van der Waals surface area (Å²) in [4.78, 5) is 1.99. The van der Waals surface area contributed by atoms with Crippen molar-refractivity contribution in [3.8, 4) is 0 Å². The number of alkyl halides is 4. The van der Waals surface area contributed by atoms with Crippen LogP contribution >= 0.6 is 0 Å². The molecule has 0 aromatic carbocycles. The number of hydrogen-bond acceptors (Lipinski definition) is 4. The van der Waals surface area contributed by atoms with E-state index in [0.717, 1.165) is 0 Å². The fourth-order valence-corrected chi connectivity index (χ4v) is 1.90. The maximum Gasteiger partial charge on any atom is 0.255 e. The van der Waals surface area contributed by atoms with Crippen LogP contribution in [0.25, 0.3) is 0 Å². The molecule has 1 atom stereocenters. The lowest BCUT2D eigenvalue weighted by atomic mass is 10.2. The third-order valence-corrected chi connectivity index (χ3v) is 2.95. The van der Waals surface area contributed by atoms with Gasteiger partial charge in [-0.05, 0) is 0 Å². The lowest BCUT2D eigenvalue weighted by molar-refractivity contribution is -0.0814. The van der Waals surface area contributed by atoms with Crippen molar-refractivity contribution in [2.75, 3.05) is 46.1 Å². The molecule has 0 saturated carbocycles. The van der Waals surface area contributed by atoms with Gasteiger partial charge in [0.05, 0.1) is 39.0 Å². The highest BCUT2D eigenvalue weighted by Gasteiger charge is 2.32. The van der Waals surface area contributed by atoms with Crippen LogP contribution in [0, 0.1) is 0 Å². The zero-order chi connectivity index (χ0) is 15.0. The van der Waals surface area contributed by atoms with Crippen LogP contribution in [-0.2, 0) is 9.47 Å². The van der Waals surface area contributed by atoms with E-state index in [1.54, 1.807) is 0 Å². The number of nitrogens with zero attached hydrogens (tertiary/aromatic N) is 1. The molecule has 1 N–H and O–H groups in total. The maximum atomic E-state index is 12.9. The molecule has 8 heteroatoms. The first-order valence-electron chi connectivity index (χ1n) is 6.61. The lowest BCUT2D eigenvalue weighted by Gasteiger charge is -2.28. The Bertz CT molecular complexity index is 263. The first-order chi connectivity index (χ1) is 9.39. The third kappa shape index (κ3) is 7.98. The minimum Gasteiger partial charge on any atom is -0.389 e. The van der Waals surface area contributed by atoms with Gasteiger partial charge < -0.3 is 14.6 Å². The summed E-state index contributed by atoms with van der Waals surface area (Å²) in [5, 5.41) is 9.66. The van der Waals surface area contributed by atoms with Crippen molar-refractivity contribution in [3.63, 3.8) is 0 Å². The molecule has 0 spiro atoms. The molecule has 1 rings (SSSR count). The van der Waals surface area contributed by atoms with E-state index in [4.69, 9.17) is 9.47 Å². The maximum absolute atomic E-state index is 12.9. The standard InChI is InChI=1S/C12H21F4NO3/c13-11(14)7-12(15,16)1-4-20-9-10(18)8-17-2-5-19-6-3-17/h10-11,18H,1-9H2. The number of morpholine rings is 1. The minimum atomic E-state index is -3.43. The fourth-order valence-electron chi connectivity index (χ4n) is 1.90. The van der Waals surface area contributed by atoms with Crippen molar-refractivity contribution < 1.29 is 32.1 Å². The molecule has 1 aliphatic rings. The molecule has 0 bridgehead atoms. The summed E-state index contributed by atoms with van der Waals surface area (Å²) in [7, 11) is 0. The van der Waals surface area contributed by atoms with E-state index in [0.29, 0.717) is 32.8 Å². The van der Waals surface area contributed by atoms with Gasteiger partial charge >= 0.3 is 0 Å². The molecule has 1 unspecified atom stereocenters. The summed E-state index contributed by atoms with van der Waals surface area (Å²) in [6, 6.07) is 0. The Kier molecular flexibility index (Phi) is 7.71. The van der Waals surface area contributed by atoms with Gasteiger partial charge in [0, 0.05) is 26.1 Å². The van der Waals surface area contributed by atoms with Gasteiger partial charge in [0.2, 0.25) is 6.43 Å². The molecule has 1 aliphatic heterocycles. The Labute approximate surface area is 115 Å². The Morgan fingerprint density at radius 3 is 2.50 bits per heavy atom. The zero-order valence-electron chi connectivity index (χ0n) is 11.2. The third-order valence-electron chi connectivity index (χ3n) is 2.95. The highest BCUT2D eigenvalue weighted by atomic mass is 19.3. The monoisotopic (exact) mass is 303 g/mol. The highest BCUT2D eigenvalue weighted by Crippen LogP contribution is 2.26. The van der Waals surface area contributed by atoms with Gasteiger partial charge in [-0.2, -0.15) is 0 Å². The number of halogens is 4. The van der Waals surface area contributed by atoms with E-state index in [2.05, 4.69) is 0 Å². The molecule has 4 nitrogen and oxygen atoms in total. The van der Waals surface area contributed by atoms with E-state index in [-0.39, 0.29) is 13.2 Å². The van der Waals surface area contributed by atoms with Crippen LogP contribution in [0.5, 0.6) is 0 Å². The van der Waals surface area contributed by atoms with Crippen LogP contribution in [0.1, 0.15) is 12.8 Å². The summed E-state index contributed by atoms with van der Waals surface area (Å²) in [5.74, 6) is -3.43. The van der Waals surface area contributed by atoms with E-state index >= 15 is 0 Å². The quantitative estimate of drug-likeness (QED) is 0.516. The molecule has 20 heavy (non-hydrogen) atoms. The second-order valence-electron chi connectivity index (χ2n) is 4.84. The average Bonchev–Trinajstić information content (AvgIpc) is 2.34. The summed E-state index contributed by atoms with van der Waals surface area (Å²) < 4.78 is 59.6. The summed E-state index contributed by atoms with van der Waals surface area (Å²) in [6.07, 6.45) is -6.03. The highest BCUT2D eigenvalue weighted by molar-refractivity contribution is 4.69. The van der Waals surface area contributed by atoms with Crippen molar-refractivity contribution in [2.45, 2.75) is 31.3 Å². The van der Waals surface area contributed by atoms with E-state index < -0.39 is 31.3 Å². The van der Waals surface area contributed by atoms with Gasteiger partial charge in [-0.15, -0.1) is 0 Å². The number of β-amino-alcohol motifs (C(OH)–C–C–N with tert-alkyl or cyclic N) is 1. The van der Waals surface area contributed by atoms with E-state index in [1.165, 1.54) is 0 Å². The van der Waals surface area contributed by atoms with E-state index in [9.17, 15) is 22.7 Å². The largest absolute Gasteiger partial charge is 0.389 e. The first-order valence-corrected chi connectivity index (χ1v) is 6.61. The van der Waals surface area contributed by atoms with Crippen LogP contribution in [0.2, 0.25) is 0 Å². The summed E-state index contributed by atoms with van der Waals surface area (Å²) in [6.45, 7) is 2.59. The normalized spacial score (nSPS) is 19.5. The lowest BCUT2D eigenvalue weighted by Crippen LogP contribution is -2.42. The van der Waals surface area contributed by atoms with Crippen LogP contribution in [0.4, 0.5) is 17.6 Å². The molecule has 0 amide bonds. The van der Waals surface area contributed by atoms with Crippen LogP contribution in [-0.4, -0.2) is 74.5 Å². The summed E-state index contributed by atoms with van der Waals surface area (Å²) >= 11 is 0. The second-order valence-corrected chi connectivity index (χ2v) is 4.84.